The summed E-state index contributed by atoms with van der Waals surface area (Å²) >= 11 is 3.35. The number of amides is 1. The van der Waals surface area contributed by atoms with Gasteiger partial charge in [-0.05, 0) is 35.0 Å². The van der Waals surface area contributed by atoms with E-state index in [0.717, 1.165) is 0 Å². The van der Waals surface area contributed by atoms with Crippen LogP contribution in [0.2, 0.25) is 0 Å². The molecule has 0 aliphatic heterocycles. The molecule has 0 aromatic carbocycles. The van der Waals surface area contributed by atoms with E-state index in [-0.39, 0.29) is 11.9 Å². The van der Waals surface area contributed by atoms with Crippen molar-refractivity contribution in [2.45, 2.75) is 19.0 Å². The molecule has 0 aliphatic rings. The van der Waals surface area contributed by atoms with Crippen LogP contribution < -0.4 is 5.32 Å². The first-order chi connectivity index (χ1) is 10.3. The van der Waals surface area contributed by atoms with Crippen molar-refractivity contribution in [2.75, 3.05) is 0 Å². The number of nitrogens with one attached hydrogen (secondary N) is 1. The molecule has 5 heteroatoms. The van der Waals surface area contributed by atoms with Crippen LogP contribution in [0, 0.1) is 0 Å². The van der Waals surface area contributed by atoms with Crippen molar-refractivity contribution >= 4 is 28.6 Å². The van der Waals surface area contributed by atoms with Crippen LogP contribution in [0.15, 0.2) is 59.6 Å². The maximum atomic E-state index is 12.2. The molecule has 0 bridgehead atoms. The van der Waals surface area contributed by atoms with Gasteiger partial charge >= 0.3 is 0 Å². The predicted octanol–water partition coefficient (Wildman–Crippen LogP) is 3.91. The van der Waals surface area contributed by atoms with E-state index in [1.165, 1.54) is 9.75 Å². The van der Waals surface area contributed by atoms with E-state index in [0.29, 0.717) is 13.0 Å². The van der Waals surface area contributed by atoms with Crippen molar-refractivity contribution in [1.29, 1.82) is 0 Å². The number of carbonyl (C=O) groups excluding carboxylic acids is 1. The summed E-state index contributed by atoms with van der Waals surface area (Å²) < 4.78 is 2.09. The van der Waals surface area contributed by atoms with Gasteiger partial charge in [-0.1, -0.05) is 12.1 Å². The summed E-state index contributed by atoms with van der Waals surface area (Å²) in [6, 6.07) is 12.2. The quantitative estimate of drug-likeness (QED) is 0.735. The van der Waals surface area contributed by atoms with Crippen LogP contribution in [0.4, 0.5) is 0 Å². The first kappa shape index (κ1) is 14.1. The summed E-state index contributed by atoms with van der Waals surface area (Å²) in [5.74, 6) is 0.0792. The zero-order valence-electron chi connectivity index (χ0n) is 11.4. The molecule has 3 heterocycles. The summed E-state index contributed by atoms with van der Waals surface area (Å²) in [5, 5.41) is 7.08. The van der Waals surface area contributed by atoms with Gasteiger partial charge in [0.1, 0.15) is 0 Å². The smallest absolute Gasteiger partial charge is 0.222 e. The summed E-state index contributed by atoms with van der Waals surface area (Å²) in [6.07, 6.45) is 4.48. The maximum Gasteiger partial charge on any atom is 0.222 e. The van der Waals surface area contributed by atoms with Gasteiger partial charge in [-0.3, -0.25) is 4.79 Å². The largest absolute Gasteiger partial charge is 0.351 e. The molecule has 1 atom stereocenters. The fourth-order valence-electron chi connectivity index (χ4n) is 2.24. The minimum absolute atomic E-state index is 0.0725. The Morgan fingerprint density at radius 1 is 1.10 bits per heavy atom. The molecule has 0 saturated heterocycles. The lowest BCUT2D eigenvalue weighted by Crippen LogP contribution is -2.25. The van der Waals surface area contributed by atoms with E-state index in [1.54, 1.807) is 22.7 Å². The molecule has 0 saturated carbocycles. The molecule has 3 nitrogen and oxygen atoms in total. The second-order valence-corrected chi connectivity index (χ2v) is 6.73. The topological polar surface area (TPSA) is 34.0 Å². The average Bonchev–Trinajstić information content (AvgIpc) is 3.26. The van der Waals surface area contributed by atoms with Gasteiger partial charge in [0, 0.05) is 22.1 Å². The van der Waals surface area contributed by atoms with E-state index in [4.69, 9.17) is 0 Å². The fraction of sp³-hybridized carbons (Fsp3) is 0.188. The first-order valence-corrected chi connectivity index (χ1v) is 8.54. The zero-order chi connectivity index (χ0) is 14.5. The van der Waals surface area contributed by atoms with Crippen LogP contribution in [-0.2, 0) is 11.3 Å². The highest BCUT2D eigenvalue weighted by molar-refractivity contribution is 7.10. The molecule has 0 spiro atoms. The van der Waals surface area contributed by atoms with Crippen LogP contribution in [0.25, 0.3) is 0 Å². The van der Waals surface area contributed by atoms with Gasteiger partial charge in [0.25, 0.3) is 0 Å². The molecule has 3 rings (SSSR count). The van der Waals surface area contributed by atoms with Gasteiger partial charge in [-0.25, -0.2) is 0 Å². The van der Waals surface area contributed by atoms with Crippen molar-refractivity contribution in [1.82, 2.24) is 9.88 Å². The number of rotatable bonds is 6. The average molecular weight is 316 g/mol. The summed E-state index contributed by atoms with van der Waals surface area (Å²) in [6.45, 7) is 0.610. The molecule has 0 fully saturated rings. The van der Waals surface area contributed by atoms with Crippen molar-refractivity contribution in [3.05, 3.63) is 69.3 Å². The lowest BCUT2D eigenvalue weighted by molar-refractivity contribution is -0.121. The van der Waals surface area contributed by atoms with Gasteiger partial charge in [0.2, 0.25) is 5.91 Å². The summed E-state index contributed by atoms with van der Waals surface area (Å²) in [7, 11) is 0. The molecule has 1 N–H and O–H groups in total. The number of thiophene rings is 2. The molecule has 1 amide bonds. The van der Waals surface area contributed by atoms with Crippen molar-refractivity contribution in [3.8, 4) is 0 Å². The molecule has 3 aromatic heterocycles. The molecule has 21 heavy (non-hydrogen) atoms. The number of nitrogens with zero attached hydrogens (tertiary/aromatic N) is 1. The second-order valence-electron chi connectivity index (χ2n) is 4.72. The van der Waals surface area contributed by atoms with E-state index >= 15 is 0 Å². The highest BCUT2D eigenvalue weighted by atomic mass is 32.1. The Morgan fingerprint density at radius 3 is 2.52 bits per heavy atom. The third-order valence-corrected chi connectivity index (χ3v) is 5.13. The van der Waals surface area contributed by atoms with Crippen LogP contribution >= 0.6 is 22.7 Å². The Kier molecular flexibility index (Phi) is 4.52. The van der Waals surface area contributed by atoms with Crippen molar-refractivity contribution in [3.63, 3.8) is 0 Å². The number of carbonyl (C=O) groups is 1. The SMILES string of the molecule is O=C(C[C@H](c1cccs1)n1cccc1)NCc1cccs1. The zero-order valence-corrected chi connectivity index (χ0v) is 13.1. The highest BCUT2D eigenvalue weighted by Gasteiger charge is 2.18. The van der Waals surface area contributed by atoms with Gasteiger partial charge in [-0.15, -0.1) is 22.7 Å². The second kappa shape index (κ2) is 6.74. The Balaban J connectivity index is 1.66. The van der Waals surface area contributed by atoms with Gasteiger partial charge < -0.3 is 9.88 Å². The lowest BCUT2D eigenvalue weighted by Gasteiger charge is -2.17. The van der Waals surface area contributed by atoms with Crippen molar-refractivity contribution in [2.24, 2.45) is 0 Å². The van der Waals surface area contributed by atoms with Crippen molar-refractivity contribution < 1.29 is 4.79 Å². The Morgan fingerprint density at radius 2 is 1.86 bits per heavy atom. The van der Waals surface area contributed by atoms with Crippen LogP contribution in [0.3, 0.4) is 0 Å². The molecule has 108 valence electrons. The van der Waals surface area contributed by atoms with Crippen LogP contribution in [0.1, 0.15) is 22.2 Å². The molecular weight excluding hydrogens is 300 g/mol. The van der Waals surface area contributed by atoms with E-state index in [2.05, 4.69) is 21.3 Å². The molecule has 0 unspecified atom stereocenters. The minimum Gasteiger partial charge on any atom is -0.351 e. The Labute approximate surface area is 131 Å². The summed E-state index contributed by atoms with van der Waals surface area (Å²) in [5.41, 5.74) is 0. The Hall–Kier alpha value is -1.85. The number of hydrogen-bond donors (Lipinski definition) is 1. The van der Waals surface area contributed by atoms with E-state index < -0.39 is 0 Å². The maximum absolute atomic E-state index is 12.2. The van der Waals surface area contributed by atoms with Crippen LogP contribution in [-0.4, -0.2) is 10.5 Å². The van der Waals surface area contributed by atoms with E-state index in [1.807, 2.05) is 48.1 Å². The number of hydrogen-bond acceptors (Lipinski definition) is 3. The minimum atomic E-state index is 0.0725. The first-order valence-electron chi connectivity index (χ1n) is 6.78. The van der Waals surface area contributed by atoms with Gasteiger partial charge in [0.05, 0.1) is 19.0 Å². The third kappa shape index (κ3) is 3.62. The fourth-order valence-corrected chi connectivity index (χ4v) is 3.71. The number of aromatic nitrogens is 1. The van der Waals surface area contributed by atoms with Gasteiger partial charge in [0.15, 0.2) is 0 Å². The summed E-state index contributed by atoms with van der Waals surface area (Å²) in [4.78, 5) is 14.6. The standard InChI is InChI=1S/C16H16N2OS2/c19-16(17-12-13-5-3-9-20-13)11-14(15-6-4-10-21-15)18-7-1-2-8-18/h1-10,14H,11-12H2,(H,17,19)/t14-/m1/s1. The monoisotopic (exact) mass is 316 g/mol. The third-order valence-electron chi connectivity index (χ3n) is 3.28. The lowest BCUT2D eigenvalue weighted by atomic mass is 10.1. The molecule has 0 radical (unpaired) electrons. The highest BCUT2D eigenvalue weighted by Crippen LogP contribution is 2.26. The Bertz CT molecular complexity index is 623. The molecular formula is C16H16N2OS2. The molecule has 0 aliphatic carbocycles. The predicted molar refractivity (Wildman–Crippen MR) is 87.7 cm³/mol. The molecule has 3 aromatic rings. The normalized spacial score (nSPS) is 12.2. The van der Waals surface area contributed by atoms with E-state index in [9.17, 15) is 4.79 Å². The van der Waals surface area contributed by atoms with Crippen LogP contribution in [0.5, 0.6) is 0 Å². The van der Waals surface area contributed by atoms with Gasteiger partial charge in [-0.2, -0.15) is 0 Å².